The van der Waals surface area contributed by atoms with Crippen molar-refractivity contribution >= 4 is 81.9 Å². The molecule has 10 rings (SSSR count). The number of benzene rings is 4. The number of hydrogen-bond acceptors (Lipinski definition) is 12. The lowest BCUT2D eigenvalue weighted by Gasteiger charge is -2.43. The van der Waals surface area contributed by atoms with Crippen LogP contribution in [-0.2, 0) is 29.2 Å². The van der Waals surface area contributed by atoms with Crippen LogP contribution < -0.4 is 15.0 Å². The molecule has 4 aromatic carbocycles. The molecule has 6 aliphatic heterocycles. The van der Waals surface area contributed by atoms with Crippen molar-refractivity contribution < 1.29 is 27.1 Å². The highest BCUT2D eigenvalue weighted by Gasteiger charge is 2.49. The van der Waals surface area contributed by atoms with E-state index in [-0.39, 0.29) is 66.0 Å². The van der Waals surface area contributed by atoms with Crippen molar-refractivity contribution in [1.29, 1.82) is 0 Å². The van der Waals surface area contributed by atoms with Crippen molar-refractivity contribution in [1.82, 2.24) is 0 Å². The van der Waals surface area contributed by atoms with Gasteiger partial charge in [-0.25, -0.2) is 19.4 Å². The minimum atomic E-state index is -1.06. The molecule has 322 valence electrons. The lowest BCUT2D eigenvalue weighted by molar-refractivity contribution is -0.0429. The summed E-state index contributed by atoms with van der Waals surface area (Å²) in [5, 5.41) is 20.1. The van der Waals surface area contributed by atoms with Gasteiger partial charge >= 0.3 is 47.7 Å². The molecule has 9 unspecified atom stereocenters. The summed E-state index contributed by atoms with van der Waals surface area (Å²) in [5.41, 5.74) is 7.62. The molecule has 0 aromatic heterocycles. The average Bonchev–Trinajstić information content (AvgIpc) is 3.95. The van der Waals surface area contributed by atoms with Gasteiger partial charge < -0.3 is 22.7 Å². The normalized spacial score (nSPS) is 28.5. The summed E-state index contributed by atoms with van der Waals surface area (Å²) < 4.78 is 48.8. The third kappa shape index (κ3) is 9.94. The second kappa shape index (κ2) is 20.2. The molecule has 0 amide bonds. The highest BCUT2D eigenvalue weighted by molar-refractivity contribution is 6.20. The Morgan fingerprint density at radius 2 is 0.903 bits per heavy atom. The Labute approximate surface area is 385 Å². The molecule has 0 spiro atoms. The van der Waals surface area contributed by atoms with Crippen LogP contribution in [0.2, 0.25) is 0 Å². The molecular formula is C46H56Al3FN6O6. The first-order chi connectivity index (χ1) is 30.0. The fraction of sp³-hybridized carbons (Fsp3) is 0.413. The molecule has 9 atom stereocenters. The van der Waals surface area contributed by atoms with Crippen LogP contribution in [0, 0.1) is 29.0 Å². The molecule has 16 heteroatoms. The largest absolute Gasteiger partial charge is 0.651 e. The van der Waals surface area contributed by atoms with Gasteiger partial charge in [-0.2, -0.15) is 15.3 Å². The van der Waals surface area contributed by atoms with Crippen LogP contribution in [0.15, 0.2) is 131 Å². The fourth-order valence-corrected chi connectivity index (χ4v) is 12.9. The van der Waals surface area contributed by atoms with E-state index < -0.39 is 47.7 Å². The van der Waals surface area contributed by atoms with Gasteiger partial charge in [-0.3, -0.25) is 0 Å². The summed E-state index contributed by atoms with van der Waals surface area (Å²) in [4.78, 5) is 0. The van der Waals surface area contributed by atoms with E-state index in [1.165, 1.54) is 12.1 Å². The summed E-state index contributed by atoms with van der Waals surface area (Å²) >= 11 is -2.88. The Bertz CT molecular complexity index is 2190. The maximum atomic E-state index is 13.1. The number of fused-ring (bicyclic) bond motifs is 3. The molecule has 3 fully saturated rings. The molecule has 0 saturated carbocycles. The van der Waals surface area contributed by atoms with Crippen molar-refractivity contribution in [2.75, 3.05) is 15.0 Å². The number of hydrogen-bond donors (Lipinski definition) is 0. The standard InChI is InChI=1S/C18H17FN2O2.C15H20N2O2.C13H16N2O2.3Al.3H/c1-12-17(16(22)11-13-7-9-14(19)10-8-13)18(23)21(20-12)15-5-3-2-4-6-15;1-10-12(13(18)15(2,3)4)14(19)17(16-10)11-8-6-5-7-9-11;1-3-11(16)12-9(2)14-15(13(12)17)10-7-5-4-6-8-10;;;;;;/h2-10,16-18H,11H2,1H3;5-9,12-14H,1-4H3;4-8,11-13H,3H2,1-2H3;;;;;;/q3*-2;3*+2;;;. The molecule has 0 N–H and O–H groups in total. The number of nitrogens with zero attached hydrogens (tertiary/aromatic N) is 6. The zero-order chi connectivity index (χ0) is 43.4. The number of halogens is 1. The van der Waals surface area contributed by atoms with E-state index in [1.807, 2.05) is 101 Å². The van der Waals surface area contributed by atoms with E-state index in [4.69, 9.17) is 32.9 Å². The zero-order valence-electron chi connectivity index (χ0n) is 36.7. The van der Waals surface area contributed by atoms with Crippen LogP contribution in [0.5, 0.6) is 0 Å². The molecule has 3 saturated heterocycles. The predicted octanol–water partition coefficient (Wildman–Crippen LogP) is 7.36. The van der Waals surface area contributed by atoms with E-state index in [9.17, 15) is 4.39 Å². The van der Waals surface area contributed by atoms with Crippen molar-refractivity contribution in [3.8, 4) is 0 Å². The molecule has 62 heavy (non-hydrogen) atoms. The van der Waals surface area contributed by atoms with Gasteiger partial charge in [0.25, 0.3) is 0 Å². The molecular weight excluding hydrogens is 832 g/mol. The average molecular weight is 889 g/mol. The van der Waals surface area contributed by atoms with Crippen LogP contribution in [0.3, 0.4) is 0 Å². The minimum Gasteiger partial charge on any atom is -0.478 e. The third-order valence-electron chi connectivity index (χ3n) is 12.2. The molecule has 0 radical (unpaired) electrons. The summed E-state index contributed by atoms with van der Waals surface area (Å²) in [6.45, 7) is 15.0. The number of rotatable bonds is 6. The number of hydrazone groups is 3. The second-order valence-corrected chi connectivity index (χ2v) is 20.2. The van der Waals surface area contributed by atoms with Crippen LogP contribution in [-0.4, -0.2) is 102 Å². The number of anilines is 3. The lowest BCUT2D eigenvalue weighted by atomic mass is 9.79. The molecule has 6 heterocycles. The Morgan fingerprint density at radius 3 is 1.34 bits per heavy atom. The van der Waals surface area contributed by atoms with E-state index in [2.05, 4.69) is 70.9 Å². The molecule has 0 bridgehead atoms. The highest BCUT2D eigenvalue weighted by atomic mass is 27.2. The third-order valence-corrected chi connectivity index (χ3v) is 15.3. The Morgan fingerprint density at radius 1 is 0.516 bits per heavy atom. The van der Waals surface area contributed by atoms with Gasteiger partial charge in [0.2, 0.25) is 0 Å². The van der Waals surface area contributed by atoms with Gasteiger partial charge in [0.1, 0.15) is 24.5 Å². The zero-order valence-corrected chi connectivity index (χ0v) is 41.0. The SMILES string of the molecule is CC1=NN(c2ccccc2)C2[O][AlH][O]C(C(C)(C)C)C12.CC1=NN(c2ccccc2)C2[O][AlH][O]C(Cc3ccc(F)cc3)C12.CCC1[O][AlH][O]C2C1C(C)=NN2c1ccccc1. The predicted molar refractivity (Wildman–Crippen MR) is 247 cm³/mol. The van der Waals surface area contributed by atoms with Gasteiger partial charge in [-0.15, -0.1) is 0 Å². The van der Waals surface area contributed by atoms with Crippen molar-refractivity contribution in [3.63, 3.8) is 0 Å². The quantitative estimate of drug-likeness (QED) is 0.184. The molecule has 6 aliphatic rings. The van der Waals surface area contributed by atoms with Crippen molar-refractivity contribution in [3.05, 3.63) is 127 Å². The smallest absolute Gasteiger partial charge is 0.478 e. The Kier molecular flexibility index (Phi) is 14.7. The Hall–Kier alpha value is -3.42. The van der Waals surface area contributed by atoms with Gasteiger partial charge in [0, 0.05) is 35.4 Å². The van der Waals surface area contributed by atoms with Gasteiger partial charge in [-0.1, -0.05) is 94.4 Å². The summed E-state index contributed by atoms with van der Waals surface area (Å²) in [6.07, 6.45) is 2.19. The highest BCUT2D eigenvalue weighted by Crippen LogP contribution is 2.41. The van der Waals surface area contributed by atoms with Crippen LogP contribution in [0.1, 0.15) is 60.5 Å². The second-order valence-electron chi connectivity index (χ2n) is 17.5. The maximum absolute atomic E-state index is 13.1. The Balaban J connectivity index is 0.000000129. The first-order valence-corrected chi connectivity index (χ1v) is 25.1. The van der Waals surface area contributed by atoms with Gasteiger partial charge in [0.05, 0.1) is 34.8 Å². The van der Waals surface area contributed by atoms with E-state index >= 15 is 0 Å². The summed E-state index contributed by atoms with van der Waals surface area (Å²) in [6, 6.07) is 37.1. The van der Waals surface area contributed by atoms with Gasteiger partial charge in [-0.05, 0) is 93.1 Å². The molecule has 0 aliphatic carbocycles. The molecule has 4 aromatic rings. The maximum Gasteiger partial charge on any atom is 0.651 e. The van der Waals surface area contributed by atoms with Crippen LogP contribution in [0.25, 0.3) is 0 Å². The number of para-hydroxylation sites is 3. The van der Waals surface area contributed by atoms with E-state index in [1.54, 1.807) is 0 Å². The monoisotopic (exact) mass is 888 g/mol. The van der Waals surface area contributed by atoms with Crippen molar-refractivity contribution in [2.24, 2.45) is 38.5 Å². The first kappa shape index (κ1) is 45.2. The first-order valence-electron chi connectivity index (χ1n) is 21.6. The molecule has 12 nitrogen and oxygen atoms in total. The van der Waals surface area contributed by atoms with Crippen molar-refractivity contribution in [2.45, 2.75) is 98.3 Å². The van der Waals surface area contributed by atoms with Crippen LogP contribution in [0.4, 0.5) is 21.5 Å². The van der Waals surface area contributed by atoms with E-state index in [0.29, 0.717) is 0 Å². The van der Waals surface area contributed by atoms with Crippen LogP contribution >= 0.6 is 0 Å². The van der Waals surface area contributed by atoms with Gasteiger partial charge in [0.15, 0.2) is 0 Å². The lowest BCUT2D eigenvalue weighted by Crippen LogP contribution is -2.53. The topological polar surface area (TPSA) is 102 Å². The fourth-order valence-electron chi connectivity index (χ4n) is 9.19. The van der Waals surface area contributed by atoms with E-state index in [0.717, 1.165) is 52.6 Å². The summed E-state index contributed by atoms with van der Waals surface area (Å²) in [7, 11) is 0. The summed E-state index contributed by atoms with van der Waals surface area (Å²) in [5.74, 6) is 0.372. The minimum absolute atomic E-state index is 0.00189.